The summed E-state index contributed by atoms with van der Waals surface area (Å²) in [7, 11) is -4.23. The molecular weight excluding hydrogens is 226 g/mol. The molecule has 5 N–H and O–H groups in total. The lowest BCUT2D eigenvalue weighted by atomic mass is 10.2. The zero-order chi connectivity index (χ0) is 11.8. The number of hydrogen-bond acceptors (Lipinski definition) is 5. The van der Waals surface area contributed by atoms with Gasteiger partial charge in [-0.2, -0.15) is 0 Å². The lowest BCUT2D eigenvalue weighted by Crippen LogP contribution is -2.13. The molecule has 1 rings (SSSR count). The van der Waals surface area contributed by atoms with Crippen LogP contribution in [0, 0.1) is 0 Å². The van der Waals surface area contributed by atoms with Gasteiger partial charge < -0.3 is 15.3 Å². The van der Waals surface area contributed by atoms with Gasteiger partial charge in [0.25, 0.3) is 0 Å². The van der Waals surface area contributed by atoms with E-state index in [-0.39, 0.29) is 0 Å². The van der Waals surface area contributed by atoms with Gasteiger partial charge in [0.05, 0.1) is 0 Å². The fraction of sp³-hybridized carbons (Fsp3) is 0. The number of primary sulfonamides is 1. The molecule has 0 radical (unpaired) electrons. The third-order valence-electron chi connectivity index (χ3n) is 1.61. The first kappa shape index (κ1) is 11.3. The van der Waals surface area contributed by atoms with Gasteiger partial charge in [0.2, 0.25) is 10.0 Å². The highest BCUT2D eigenvalue weighted by atomic mass is 32.2. The smallest absolute Gasteiger partial charge is 0.339 e. The van der Waals surface area contributed by atoms with Gasteiger partial charge in [0.15, 0.2) is 0 Å². The number of aromatic carboxylic acids is 1. The first-order chi connectivity index (χ1) is 6.73. The van der Waals surface area contributed by atoms with Crippen molar-refractivity contribution in [2.75, 3.05) is 0 Å². The van der Waals surface area contributed by atoms with Gasteiger partial charge in [0.1, 0.15) is 22.0 Å². The van der Waals surface area contributed by atoms with Crippen molar-refractivity contribution >= 4 is 16.0 Å². The number of rotatable bonds is 2. The minimum atomic E-state index is -4.23. The van der Waals surface area contributed by atoms with Gasteiger partial charge in [-0.1, -0.05) is 0 Å². The molecule has 0 atom stereocenters. The van der Waals surface area contributed by atoms with E-state index in [0.717, 1.165) is 0 Å². The van der Waals surface area contributed by atoms with E-state index in [1.165, 1.54) is 0 Å². The predicted octanol–water partition coefficient (Wildman–Crippen LogP) is -0.557. The molecular formula is C7H7NO6S. The summed E-state index contributed by atoms with van der Waals surface area (Å²) in [6, 6.07) is 1.19. The van der Waals surface area contributed by atoms with Crippen molar-refractivity contribution in [3.63, 3.8) is 0 Å². The molecule has 0 aliphatic carbocycles. The summed E-state index contributed by atoms with van der Waals surface area (Å²) in [6.45, 7) is 0. The number of hydrogen-bond donors (Lipinski definition) is 4. The van der Waals surface area contributed by atoms with Crippen LogP contribution >= 0.6 is 0 Å². The molecule has 0 aliphatic rings. The second-order valence-corrected chi connectivity index (χ2v) is 4.22. The molecule has 0 aromatic heterocycles. The van der Waals surface area contributed by atoms with E-state index in [1.54, 1.807) is 0 Å². The second kappa shape index (κ2) is 3.41. The average Bonchev–Trinajstić information content (AvgIpc) is 2.00. The number of carboxylic acids is 1. The quantitative estimate of drug-likeness (QED) is 0.540. The summed E-state index contributed by atoms with van der Waals surface area (Å²) in [5.41, 5.74) is -0.656. The molecule has 0 heterocycles. The molecule has 1 aromatic rings. The van der Waals surface area contributed by atoms with Gasteiger partial charge in [0, 0.05) is 6.07 Å². The molecule has 0 amide bonds. The van der Waals surface area contributed by atoms with Crippen LogP contribution in [0.5, 0.6) is 11.5 Å². The number of benzene rings is 1. The number of sulfonamides is 1. The summed E-state index contributed by atoms with van der Waals surface area (Å²) < 4.78 is 21.8. The Kier molecular flexibility index (Phi) is 2.56. The van der Waals surface area contributed by atoms with Crippen LogP contribution in [0.1, 0.15) is 10.4 Å². The molecule has 0 saturated heterocycles. The zero-order valence-corrected chi connectivity index (χ0v) is 8.02. The number of carbonyl (C=O) groups is 1. The molecule has 7 nitrogen and oxygen atoms in total. The molecule has 8 heteroatoms. The summed E-state index contributed by atoms with van der Waals surface area (Å²) in [5.74, 6) is -3.08. The lowest BCUT2D eigenvalue weighted by molar-refractivity contribution is 0.0693. The Hall–Kier alpha value is -1.80. The maximum atomic E-state index is 10.9. The third-order valence-corrected chi connectivity index (χ3v) is 2.55. The molecule has 0 fully saturated rings. The van der Waals surface area contributed by atoms with E-state index in [1.807, 2.05) is 0 Å². The zero-order valence-electron chi connectivity index (χ0n) is 7.21. The molecule has 1 aromatic carbocycles. The van der Waals surface area contributed by atoms with Crippen molar-refractivity contribution in [3.8, 4) is 11.5 Å². The molecule has 82 valence electrons. The van der Waals surface area contributed by atoms with E-state index < -0.39 is 38.0 Å². The van der Waals surface area contributed by atoms with Crippen molar-refractivity contribution in [2.24, 2.45) is 5.14 Å². The number of carboxylic acid groups (broad SMARTS) is 1. The fourth-order valence-corrected chi connectivity index (χ4v) is 1.59. The van der Waals surface area contributed by atoms with E-state index in [4.69, 9.17) is 20.5 Å². The van der Waals surface area contributed by atoms with E-state index >= 15 is 0 Å². The highest BCUT2D eigenvalue weighted by Gasteiger charge is 2.20. The Morgan fingerprint density at radius 1 is 1.20 bits per heavy atom. The van der Waals surface area contributed by atoms with Gasteiger partial charge in [-0.25, -0.2) is 18.4 Å². The van der Waals surface area contributed by atoms with Gasteiger partial charge in [-0.05, 0) is 6.07 Å². The summed E-state index contributed by atoms with van der Waals surface area (Å²) in [5, 5.41) is 31.5. The van der Waals surface area contributed by atoms with Gasteiger partial charge in [-0.15, -0.1) is 0 Å². The average molecular weight is 233 g/mol. The van der Waals surface area contributed by atoms with Crippen LogP contribution in [0.2, 0.25) is 0 Å². The minimum Gasteiger partial charge on any atom is -0.507 e. The van der Waals surface area contributed by atoms with Crippen LogP contribution in [-0.4, -0.2) is 29.7 Å². The van der Waals surface area contributed by atoms with Crippen LogP contribution < -0.4 is 5.14 Å². The lowest BCUT2D eigenvalue weighted by Gasteiger charge is -2.05. The maximum Gasteiger partial charge on any atom is 0.339 e. The Morgan fingerprint density at radius 2 is 1.73 bits per heavy atom. The SMILES string of the molecule is NS(=O)(=O)c1cc(C(=O)O)c(O)cc1O. The maximum absolute atomic E-state index is 10.9. The molecule has 0 bridgehead atoms. The molecule has 0 saturated carbocycles. The molecule has 0 spiro atoms. The van der Waals surface area contributed by atoms with Crippen LogP contribution in [-0.2, 0) is 10.0 Å². The highest BCUT2D eigenvalue weighted by molar-refractivity contribution is 7.89. The van der Waals surface area contributed by atoms with Gasteiger partial charge in [-0.3, -0.25) is 0 Å². The Balaban J connectivity index is 3.58. The summed E-state index contributed by atoms with van der Waals surface area (Å²) in [4.78, 5) is 9.78. The van der Waals surface area contributed by atoms with Crippen molar-refractivity contribution < 1.29 is 28.5 Å². The second-order valence-electron chi connectivity index (χ2n) is 2.69. The first-order valence-corrected chi connectivity index (χ1v) is 5.10. The number of aromatic hydroxyl groups is 2. The Labute approximate surface area is 84.4 Å². The van der Waals surface area contributed by atoms with Crippen molar-refractivity contribution in [2.45, 2.75) is 4.90 Å². The summed E-state index contributed by atoms with van der Waals surface area (Å²) >= 11 is 0. The predicted molar refractivity (Wildman–Crippen MR) is 48.1 cm³/mol. The van der Waals surface area contributed by atoms with Crippen LogP contribution in [0.3, 0.4) is 0 Å². The third kappa shape index (κ3) is 2.17. The Bertz CT molecular complexity index is 521. The van der Waals surface area contributed by atoms with Crippen molar-refractivity contribution in [1.82, 2.24) is 0 Å². The number of nitrogens with two attached hydrogens (primary N) is 1. The van der Waals surface area contributed by atoms with E-state index in [9.17, 15) is 13.2 Å². The number of phenols is 2. The Morgan fingerprint density at radius 3 is 2.13 bits per heavy atom. The van der Waals surface area contributed by atoms with E-state index in [0.29, 0.717) is 12.1 Å². The summed E-state index contributed by atoms with van der Waals surface area (Å²) in [6.07, 6.45) is 0. The monoisotopic (exact) mass is 233 g/mol. The topological polar surface area (TPSA) is 138 Å². The largest absolute Gasteiger partial charge is 0.507 e. The van der Waals surface area contributed by atoms with Crippen LogP contribution in [0.25, 0.3) is 0 Å². The molecule has 0 unspecified atom stereocenters. The molecule has 0 aliphatic heterocycles. The first-order valence-electron chi connectivity index (χ1n) is 3.55. The van der Waals surface area contributed by atoms with E-state index in [2.05, 4.69) is 0 Å². The van der Waals surface area contributed by atoms with Crippen LogP contribution in [0.15, 0.2) is 17.0 Å². The number of phenolic OH excluding ortho intramolecular Hbond substituents is 1. The van der Waals surface area contributed by atoms with Gasteiger partial charge >= 0.3 is 5.97 Å². The standard InChI is InChI=1S/C7H7NO6S/c8-15(13,14)6-1-3(7(11)12)4(9)2-5(6)10/h1-2,9-10H,(H,11,12)(H2,8,13,14). The minimum absolute atomic E-state index is 0.586. The van der Waals surface area contributed by atoms with Crippen LogP contribution in [0.4, 0.5) is 0 Å². The van der Waals surface area contributed by atoms with Crippen molar-refractivity contribution in [1.29, 1.82) is 0 Å². The molecule has 15 heavy (non-hydrogen) atoms. The normalized spacial score (nSPS) is 11.3. The highest BCUT2D eigenvalue weighted by Crippen LogP contribution is 2.29. The van der Waals surface area contributed by atoms with Crippen molar-refractivity contribution in [3.05, 3.63) is 17.7 Å². The fourth-order valence-electron chi connectivity index (χ4n) is 0.957.